The van der Waals surface area contributed by atoms with E-state index in [9.17, 15) is 4.79 Å². The first-order valence-corrected chi connectivity index (χ1v) is 10.4. The van der Waals surface area contributed by atoms with E-state index in [1.54, 1.807) is 31.4 Å². The molecule has 0 aliphatic carbocycles. The van der Waals surface area contributed by atoms with Crippen molar-refractivity contribution in [2.75, 3.05) is 12.0 Å². The van der Waals surface area contributed by atoms with Crippen molar-refractivity contribution in [1.82, 2.24) is 0 Å². The van der Waals surface area contributed by atoms with Gasteiger partial charge in [-0.3, -0.25) is 9.69 Å². The summed E-state index contributed by atoms with van der Waals surface area (Å²) in [6.45, 7) is 4.07. The summed E-state index contributed by atoms with van der Waals surface area (Å²) < 4.78 is 11.8. The molecule has 4 nitrogen and oxygen atoms in total. The lowest BCUT2D eigenvalue weighted by molar-refractivity contribution is -0.113. The van der Waals surface area contributed by atoms with Crippen LogP contribution in [-0.4, -0.2) is 23.4 Å². The number of hydrogen-bond donors (Lipinski definition) is 0. The molecule has 1 aliphatic heterocycles. The molecule has 28 heavy (non-hydrogen) atoms. The molecule has 0 bridgehead atoms. The van der Waals surface area contributed by atoms with Crippen LogP contribution in [0.5, 0.6) is 11.5 Å². The van der Waals surface area contributed by atoms with Crippen LogP contribution in [0.15, 0.2) is 47.4 Å². The second-order valence-corrected chi connectivity index (χ2v) is 8.36. The minimum atomic E-state index is -0.170. The summed E-state index contributed by atoms with van der Waals surface area (Å²) in [5.41, 5.74) is 1.49. The fraction of sp³-hybridized carbons (Fsp3) is 0.238. The van der Waals surface area contributed by atoms with Gasteiger partial charge >= 0.3 is 0 Å². The van der Waals surface area contributed by atoms with Crippen LogP contribution >= 0.6 is 35.6 Å². The van der Waals surface area contributed by atoms with Gasteiger partial charge in [0.05, 0.1) is 23.8 Å². The highest BCUT2D eigenvalue weighted by Crippen LogP contribution is 2.38. The predicted octanol–water partition coefficient (Wildman–Crippen LogP) is 5.93. The highest BCUT2D eigenvalue weighted by Gasteiger charge is 2.33. The lowest BCUT2D eigenvalue weighted by atomic mass is 10.1. The lowest BCUT2D eigenvalue weighted by Gasteiger charge is -2.16. The van der Waals surface area contributed by atoms with E-state index in [-0.39, 0.29) is 12.0 Å². The number of benzene rings is 2. The minimum absolute atomic E-state index is 0.0914. The van der Waals surface area contributed by atoms with Gasteiger partial charge in [-0.2, -0.15) is 0 Å². The van der Waals surface area contributed by atoms with Crippen LogP contribution in [0.4, 0.5) is 5.69 Å². The van der Waals surface area contributed by atoms with E-state index in [2.05, 4.69) is 6.92 Å². The Morgan fingerprint density at radius 1 is 1.25 bits per heavy atom. The van der Waals surface area contributed by atoms with Crippen molar-refractivity contribution in [3.05, 3.63) is 58.0 Å². The minimum Gasteiger partial charge on any atom is -0.493 e. The molecule has 1 heterocycles. The zero-order chi connectivity index (χ0) is 20.3. The van der Waals surface area contributed by atoms with Gasteiger partial charge in [-0.1, -0.05) is 54.6 Å². The molecule has 0 radical (unpaired) electrons. The summed E-state index contributed by atoms with van der Waals surface area (Å²) in [5.74, 6) is 1.14. The number of rotatable bonds is 6. The summed E-state index contributed by atoms with van der Waals surface area (Å²) in [5, 5.41) is 0.553. The number of anilines is 1. The molecule has 146 valence electrons. The van der Waals surface area contributed by atoms with Crippen molar-refractivity contribution >= 4 is 57.6 Å². The first-order chi connectivity index (χ1) is 13.4. The molecule has 7 heteroatoms. The van der Waals surface area contributed by atoms with Gasteiger partial charge in [-0.25, -0.2) is 0 Å². The molecular formula is C21H20ClNO3S2. The third-order valence-electron chi connectivity index (χ3n) is 4.25. The van der Waals surface area contributed by atoms with Crippen LogP contribution in [0.1, 0.15) is 25.8 Å². The summed E-state index contributed by atoms with van der Waals surface area (Å²) in [4.78, 5) is 14.9. The van der Waals surface area contributed by atoms with Crippen molar-refractivity contribution in [2.45, 2.75) is 26.4 Å². The first-order valence-electron chi connectivity index (χ1n) is 8.81. The quantitative estimate of drug-likeness (QED) is 0.417. The van der Waals surface area contributed by atoms with Gasteiger partial charge in [0, 0.05) is 5.02 Å². The molecule has 1 atom stereocenters. The maximum atomic E-state index is 12.9. The van der Waals surface area contributed by atoms with Crippen molar-refractivity contribution < 1.29 is 14.3 Å². The Morgan fingerprint density at radius 2 is 2.04 bits per heavy atom. The Balaban J connectivity index is 1.87. The number of thiocarbonyl (C=S) groups is 1. The summed E-state index contributed by atoms with van der Waals surface area (Å²) in [6, 6.07) is 12.7. The van der Waals surface area contributed by atoms with E-state index < -0.39 is 0 Å². The highest BCUT2D eigenvalue weighted by molar-refractivity contribution is 8.27. The Bertz CT molecular complexity index is 945. The van der Waals surface area contributed by atoms with Gasteiger partial charge in [0.1, 0.15) is 0 Å². The molecule has 0 saturated carbocycles. The zero-order valence-electron chi connectivity index (χ0n) is 15.8. The van der Waals surface area contributed by atoms with E-state index >= 15 is 0 Å². The smallest absolute Gasteiger partial charge is 0.270 e. The molecule has 0 N–H and O–H groups in total. The molecule has 2 aromatic rings. The van der Waals surface area contributed by atoms with Gasteiger partial charge < -0.3 is 9.47 Å². The Hall–Kier alpha value is -2.02. The Morgan fingerprint density at radius 3 is 2.71 bits per heavy atom. The molecule has 2 aromatic carbocycles. The van der Waals surface area contributed by atoms with Crippen LogP contribution in [0.2, 0.25) is 5.02 Å². The predicted molar refractivity (Wildman–Crippen MR) is 120 cm³/mol. The van der Waals surface area contributed by atoms with Crippen molar-refractivity contribution in [3.63, 3.8) is 0 Å². The molecule has 0 spiro atoms. The Kier molecular flexibility index (Phi) is 6.65. The maximum Gasteiger partial charge on any atom is 0.270 e. The van der Waals surface area contributed by atoms with E-state index in [1.165, 1.54) is 16.7 Å². The monoisotopic (exact) mass is 433 g/mol. The number of nitrogens with zero attached hydrogens (tertiary/aromatic N) is 1. The number of methoxy groups -OCH3 is 1. The average molecular weight is 434 g/mol. The highest BCUT2D eigenvalue weighted by atomic mass is 35.5. The molecule has 3 rings (SSSR count). The molecule has 0 unspecified atom stereocenters. The van der Waals surface area contributed by atoms with Crippen LogP contribution in [0.3, 0.4) is 0 Å². The largest absolute Gasteiger partial charge is 0.493 e. The van der Waals surface area contributed by atoms with Crippen molar-refractivity contribution in [1.29, 1.82) is 0 Å². The van der Waals surface area contributed by atoms with Gasteiger partial charge in [-0.05, 0) is 55.3 Å². The zero-order valence-corrected chi connectivity index (χ0v) is 18.2. The van der Waals surface area contributed by atoms with Crippen LogP contribution in [0.25, 0.3) is 6.08 Å². The standard InChI is InChI=1S/C21H20ClNO3S2/c1-4-13(2)26-17-9-8-14(10-18(17)25-3)11-19-20(24)23(21(27)28-19)16-7-5-6-15(22)12-16/h5-13H,4H2,1-3H3/b19-11+/t13-/m0/s1. The third-order valence-corrected chi connectivity index (χ3v) is 5.79. The normalized spacial score (nSPS) is 16.6. The summed E-state index contributed by atoms with van der Waals surface area (Å²) in [7, 11) is 1.60. The number of thioether (sulfide) groups is 1. The Labute approximate surface area is 179 Å². The molecule has 1 aliphatic rings. The SMILES string of the molecule is CC[C@H](C)Oc1ccc(/C=C2/SC(=S)N(c3cccc(Cl)c3)C2=O)cc1OC. The molecule has 1 saturated heterocycles. The third kappa shape index (κ3) is 4.51. The van der Waals surface area contributed by atoms with Crippen molar-refractivity contribution in [2.24, 2.45) is 0 Å². The fourth-order valence-electron chi connectivity index (χ4n) is 2.63. The first kappa shape index (κ1) is 20.7. The number of amides is 1. The van der Waals surface area contributed by atoms with E-state index in [4.69, 9.17) is 33.3 Å². The number of carbonyl (C=O) groups is 1. The topological polar surface area (TPSA) is 38.8 Å². The number of ether oxygens (including phenoxy) is 2. The molecular weight excluding hydrogens is 414 g/mol. The lowest BCUT2D eigenvalue weighted by Crippen LogP contribution is -2.27. The van der Waals surface area contributed by atoms with Gasteiger partial charge in [0.15, 0.2) is 15.8 Å². The van der Waals surface area contributed by atoms with Crippen LogP contribution in [-0.2, 0) is 4.79 Å². The maximum absolute atomic E-state index is 12.9. The number of hydrogen-bond acceptors (Lipinski definition) is 5. The second kappa shape index (κ2) is 8.99. The molecule has 1 fully saturated rings. The van der Waals surface area contributed by atoms with Crippen LogP contribution in [0, 0.1) is 0 Å². The van der Waals surface area contributed by atoms with Gasteiger partial charge in [0.25, 0.3) is 5.91 Å². The second-order valence-electron chi connectivity index (χ2n) is 6.24. The summed E-state index contributed by atoms with van der Waals surface area (Å²) in [6.07, 6.45) is 2.80. The number of carbonyl (C=O) groups excluding carboxylic acids is 1. The van der Waals surface area contributed by atoms with E-state index in [1.807, 2.05) is 31.2 Å². The van der Waals surface area contributed by atoms with E-state index in [0.29, 0.717) is 31.4 Å². The van der Waals surface area contributed by atoms with Crippen LogP contribution < -0.4 is 14.4 Å². The van der Waals surface area contributed by atoms with Gasteiger partial charge in [-0.15, -0.1) is 0 Å². The number of halogens is 1. The van der Waals surface area contributed by atoms with Crippen molar-refractivity contribution in [3.8, 4) is 11.5 Å². The average Bonchev–Trinajstić information content (AvgIpc) is 2.95. The van der Waals surface area contributed by atoms with Gasteiger partial charge in [0.2, 0.25) is 0 Å². The fourth-order valence-corrected chi connectivity index (χ4v) is 4.11. The molecule has 0 aromatic heterocycles. The summed E-state index contributed by atoms with van der Waals surface area (Å²) >= 11 is 12.7. The molecule has 1 amide bonds. The van der Waals surface area contributed by atoms with E-state index in [0.717, 1.165) is 12.0 Å².